The van der Waals surface area contributed by atoms with Gasteiger partial charge in [0, 0.05) is 62.4 Å². The number of rotatable bonds is 9. The molecule has 1 amide bonds. The summed E-state index contributed by atoms with van der Waals surface area (Å²) in [6, 6.07) is 2.98. The third-order valence-corrected chi connectivity index (χ3v) is 7.01. The Morgan fingerprint density at radius 1 is 1.19 bits per heavy atom. The topological polar surface area (TPSA) is 70.6 Å². The molecule has 1 saturated heterocycles. The van der Waals surface area contributed by atoms with Crippen LogP contribution in [0.25, 0.3) is 0 Å². The summed E-state index contributed by atoms with van der Waals surface area (Å²) in [5.74, 6) is 2.77. The second-order valence-corrected chi connectivity index (χ2v) is 10.7. The zero-order valence-electron chi connectivity index (χ0n) is 20.8. The van der Waals surface area contributed by atoms with Crippen LogP contribution in [-0.2, 0) is 21.4 Å². The van der Waals surface area contributed by atoms with Crippen molar-refractivity contribution in [2.24, 2.45) is 5.92 Å². The van der Waals surface area contributed by atoms with Crippen LogP contribution < -0.4 is 10.2 Å². The average Bonchev–Trinajstić information content (AvgIpc) is 2.76. The standard InChI is InChI=1S/C25H43N5O2/c1-19-17-29(12-10-20-6-8-21(9-7-20)26-18-31)13-14-30(19)23-16-22(11-15-32-5)27-24(28-23)25(2,3)4/h16,18-21H,6-15,17H2,1-5H3,(H,26,31)/t19-,20?,21?/m1/s1. The van der Waals surface area contributed by atoms with Gasteiger partial charge in [0.2, 0.25) is 6.41 Å². The first-order chi connectivity index (χ1) is 15.3. The fourth-order valence-electron chi connectivity index (χ4n) is 4.96. The molecule has 1 aliphatic heterocycles. The second kappa shape index (κ2) is 11.4. The number of piperazine rings is 1. The number of ether oxygens (including phenoxy) is 1. The van der Waals surface area contributed by atoms with E-state index in [-0.39, 0.29) is 5.41 Å². The van der Waals surface area contributed by atoms with Gasteiger partial charge in [0.1, 0.15) is 11.6 Å². The van der Waals surface area contributed by atoms with Gasteiger partial charge in [-0.3, -0.25) is 9.69 Å². The molecule has 0 bridgehead atoms. The zero-order chi connectivity index (χ0) is 23.1. The summed E-state index contributed by atoms with van der Waals surface area (Å²) in [5.41, 5.74) is 0.986. The van der Waals surface area contributed by atoms with E-state index in [0.29, 0.717) is 18.7 Å². The van der Waals surface area contributed by atoms with Crippen molar-refractivity contribution in [2.75, 3.05) is 44.8 Å². The summed E-state index contributed by atoms with van der Waals surface area (Å²) < 4.78 is 5.29. The molecule has 0 radical (unpaired) electrons. The van der Waals surface area contributed by atoms with Gasteiger partial charge in [-0.05, 0) is 51.5 Å². The van der Waals surface area contributed by atoms with E-state index in [9.17, 15) is 4.79 Å². The third-order valence-electron chi connectivity index (χ3n) is 7.01. The van der Waals surface area contributed by atoms with Crippen molar-refractivity contribution in [3.63, 3.8) is 0 Å². The number of hydrogen-bond donors (Lipinski definition) is 1. The van der Waals surface area contributed by atoms with Crippen molar-refractivity contribution in [3.05, 3.63) is 17.6 Å². The first-order valence-electron chi connectivity index (χ1n) is 12.4. The number of nitrogens with one attached hydrogen (secondary N) is 1. The van der Waals surface area contributed by atoms with Gasteiger partial charge in [-0.15, -0.1) is 0 Å². The highest BCUT2D eigenvalue weighted by Gasteiger charge is 2.28. The number of carbonyl (C=O) groups excluding carboxylic acids is 1. The SMILES string of the molecule is COCCc1cc(N2CCN(CCC3CCC(NC=O)CC3)C[C@H]2C)nc(C(C)(C)C)n1. The molecule has 2 fully saturated rings. The molecule has 3 rings (SSSR count). The molecule has 2 heterocycles. The van der Waals surface area contributed by atoms with Crippen LogP contribution >= 0.6 is 0 Å². The second-order valence-electron chi connectivity index (χ2n) is 10.7. The Bertz CT molecular complexity index is 728. The van der Waals surface area contributed by atoms with Crippen molar-refractivity contribution < 1.29 is 9.53 Å². The molecule has 0 aromatic carbocycles. The summed E-state index contributed by atoms with van der Waals surface area (Å²) in [7, 11) is 1.74. The third kappa shape index (κ3) is 6.88. The van der Waals surface area contributed by atoms with Crippen molar-refractivity contribution in [1.82, 2.24) is 20.2 Å². The Morgan fingerprint density at radius 3 is 2.56 bits per heavy atom. The lowest BCUT2D eigenvalue weighted by atomic mass is 9.84. The van der Waals surface area contributed by atoms with Crippen LogP contribution in [0.4, 0.5) is 5.82 Å². The van der Waals surface area contributed by atoms with E-state index < -0.39 is 0 Å². The lowest BCUT2D eigenvalue weighted by molar-refractivity contribution is -0.110. The highest BCUT2D eigenvalue weighted by Crippen LogP contribution is 2.28. The lowest BCUT2D eigenvalue weighted by Gasteiger charge is -2.41. The van der Waals surface area contributed by atoms with E-state index in [0.717, 1.165) is 68.6 Å². The van der Waals surface area contributed by atoms with E-state index in [1.54, 1.807) is 7.11 Å². The molecular weight excluding hydrogens is 402 g/mol. The van der Waals surface area contributed by atoms with E-state index in [4.69, 9.17) is 14.7 Å². The van der Waals surface area contributed by atoms with Crippen molar-refractivity contribution in [1.29, 1.82) is 0 Å². The van der Waals surface area contributed by atoms with Gasteiger partial charge >= 0.3 is 0 Å². The summed E-state index contributed by atoms with van der Waals surface area (Å²) in [5, 5.41) is 2.95. The van der Waals surface area contributed by atoms with Crippen LogP contribution in [-0.4, -0.2) is 73.3 Å². The highest BCUT2D eigenvalue weighted by atomic mass is 16.5. The van der Waals surface area contributed by atoms with Gasteiger partial charge in [0.15, 0.2) is 0 Å². The Kier molecular flexibility index (Phi) is 8.88. The van der Waals surface area contributed by atoms with Gasteiger partial charge in [-0.1, -0.05) is 20.8 Å². The molecular formula is C25H43N5O2. The Balaban J connectivity index is 1.56. The number of hydrogen-bond acceptors (Lipinski definition) is 6. The molecule has 1 aromatic heterocycles. The minimum absolute atomic E-state index is 0.0802. The van der Waals surface area contributed by atoms with Crippen LogP contribution in [0.15, 0.2) is 6.07 Å². The molecule has 0 spiro atoms. The summed E-state index contributed by atoms with van der Waals surface area (Å²) in [6.45, 7) is 13.8. The number of methoxy groups -OCH3 is 1. The minimum atomic E-state index is -0.0802. The van der Waals surface area contributed by atoms with E-state index in [2.05, 4.69) is 48.9 Å². The smallest absolute Gasteiger partial charge is 0.207 e. The molecule has 2 aliphatic rings. The summed E-state index contributed by atoms with van der Waals surface area (Å²) in [4.78, 5) is 25.5. The Labute approximate surface area is 194 Å². The van der Waals surface area contributed by atoms with Crippen LogP contribution in [0, 0.1) is 5.92 Å². The lowest BCUT2D eigenvalue weighted by Crippen LogP contribution is -2.52. The average molecular weight is 446 g/mol. The number of anilines is 1. The monoisotopic (exact) mass is 445 g/mol. The van der Waals surface area contributed by atoms with E-state index >= 15 is 0 Å². The minimum Gasteiger partial charge on any atom is -0.384 e. The number of carbonyl (C=O) groups is 1. The molecule has 32 heavy (non-hydrogen) atoms. The van der Waals surface area contributed by atoms with Gasteiger partial charge in [-0.25, -0.2) is 9.97 Å². The van der Waals surface area contributed by atoms with Crippen LogP contribution in [0.1, 0.15) is 71.3 Å². The summed E-state index contributed by atoms with van der Waals surface area (Å²) in [6.07, 6.45) is 7.67. The Morgan fingerprint density at radius 2 is 1.94 bits per heavy atom. The molecule has 1 aromatic rings. The molecule has 1 N–H and O–H groups in total. The van der Waals surface area contributed by atoms with Crippen LogP contribution in [0.2, 0.25) is 0 Å². The van der Waals surface area contributed by atoms with Gasteiger partial charge in [-0.2, -0.15) is 0 Å². The molecule has 0 unspecified atom stereocenters. The normalized spacial score (nSPS) is 25.0. The maximum atomic E-state index is 10.6. The predicted molar refractivity (Wildman–Crippen MR) is 129 cm³/mol. The van der Waals surface area contributed by atoms with E-state index in [1.807, 2.05) is 0 Å². The van der Waals surface area contributed by atoms with Crippen molar-refractivity contribution in [3.8, 4) is 0 Å². The fourth-order valence-corrected chi connectivity index (χ4v) is 4.96. The first kappa shape index (κ1) is 24.9. The van der Waals surface area contributed by atoms with Crippen molar-refractivity contribution >= 4 is 12.2 Å². The largest absolute Gasteiger partial charge is 0.384 e. The van der Waals surface area contributed by atoms with Crippen molar-refractivity contribution in [2.45, 2.75) is 83.7 Å². The molecule has 1 saturated carbocycles. The molecule has 180 valence electrons. The van der Waals surface area contributed by atoms with Gasteiger partial charge in [0.05, 0.1) is 6.61 Å². The maximum Gasteiger partial charge on any atom is 0.207 e. The number of amides is 1. The zero-order valence-corrected chi connectivity index (χ0v) is 20.8. The Hall–Kier alpha value is -1.73. The van der Waals surface area contributed by atoms with E-state index in [1.165, 1.54) is 25.8 Å². The maximum absolute atomic E-state index is 10.6. The molecule has 1 aliphatic carbocycles. The number of nitrogens with zero attached hydrogens (tertiary/aromatic N) is 4. The van der Waals surface area contributed by atoms with Gasteiger partial charge in [0.25, 0.3) is 0 Å². The number of aromatic nitrogens is 2. The summed E-state index contributed by atoms with van der Waals surface area (Å²) >= 11 is 0. The molecule has 1 atom stereocenters. The highest BCUT2D eigenvalue weighted by molar-refractivity contribution is 5.46. The fraction of sp³-hybridized carbons (Fsp3) is 0.800. The van der Waals surface area contributed by atoms with Gasteiger partial charge < -0.3 is 15.0 Å². The molecule has 7 heteroatoms. The van der Waals surface area contributed by atoms with Crippen LogP contribution in [0.5, 0.6) is 0 Å². The molecule has 7 nitrogen and oxygen atoms in total. The predicted octanol–water partition coefficient (Wildman–Crippen LogP) is 3.17. The quantitative estimate of drug-likeness (QED) is 0.589. The first-order valence-corrected chi connectivity index (χ1v) is 12.4. The van der Waals surface area contributed by atoms with Crippen LogP contribution in [0.3, 0.4) is 0 Å².